The SMILES string of the molecule is CN1C(=O)Cc2cc(Nc3nc(N4CC[C@H](Nc5ccc6c(C7CCC(=O)NC7=O)nn(C)c6c5)C(F)(F)C4)ncc3Cl)ccc21. The number of carbonyl (C=O) groups is 3. The number of likely N-dealkylation sites (N-methyl/N-ethyl adjacent to an activating group) is 1. The highest BCUT2D eigenvalue weighted by molar-refractivity contribution is 6.33. The van der Waals surface area contributed by atoms with E-state index in [2.05, 4.69) is 31.0 Å². The Labute approximate surface area is 267 Å². The first-order valence-electron chi connectivity index (χ1n) is 14.9. The Morgan fingerprint density at radius 2 is 1.87 bits per heavy atom. The number of amides is 3. The van der Waals surface area contributed by atoms with E-state index in [1.807, 2.05) is 12.1 Å². The van der Waals surface area contributed by atoms with Gasteiger partial charge in [0.15, 0.2) is 5.82 Å². The van der Waals surface area contributed by atoms with E-state index in [9.17, 15) is 14.4 Å². The van der Waals surface area contributed by atoms with Crippen LogP contribution in [-0.2, 0) is 27.9 Å². The minimum Gasteiger partial charge on any atom is -0.376 e. The van der Waals surface area contributed by atoms with Crippen LogP contribution in [0.4, 0.5) is 37.6 Å². The number of rotatable bonds is 6. The van der Waals surface area contributed by atoms with Gasteiger partial charge in [0.2, 0.25) is 23.7 Å². The first-order chi connectivity index (χ1) is 22.0. The molecule has 1 unspecified atom stereocenters. The van der Waals surface area contributed by atoms with Crippen molar-refractivity contribution in [1.82, 2.24) is 25.1 Å². The molecule has 2 aromatic heterocycles. The molecule has 15 heteroatoms. The van der Waals surface area contributed by atoms with E-state index in [4.69, 9.17) is 11.6 Å². The van der Waals surface area contributed by atoms with E-state index >= 15 is 8.78 Å². The van der Waals surface area contributed by atoms with Gasteiger partial charge < -0.3 is 20.4 Å². The van der Waals surface area contributed by atoms with Crippen molar-refractivity contribution < 1.29 is 23.2 Å². The van der Waals surface area contributed by atoms with Crippen LogP contribution in [-0.4, -0.2) is 69.6 Å². The molecule has 3 aliphatic heterocycles. The lowest BCUT2D eigenvalue weighted by molar-refractivity contribution is -0.134. The normalized spacial score (nSPS) is 21.0. The summed E-state index contributed by atoms with van der Waals surface area (Å²) < 4.78 is 32.8. The molecule has 3 amide bonds. The Kier molecular flexibility index (Phi) is 7.26. The summed E-state index contributed by atoms with van der Waals surface area (Å²) in [6, 6.07) is 9.54. The third-order valence-corrected chi connectivity index (χ3v) is 9.10. The Hall–Kier alpha value is -4.85. The molecule has 3 aliphatic rings. The topological polar surface area (TPSA) is 137 Å². The van der Waals surface area contributed by atoms with Crippen molar-refractivity contribution in [2.24, 2.45) is 7.05 Å². The summed E-state index contributed by atoms with van der Waals surface area (Å²) in [5, 5.41) is 14.0. The van der Waals surface area contributed by atoms with Crippen LogP contribution < -0.4 is 25.8 Å². The Morgan fingerprint density at radius 1 is 1.07 bits per heavy atom. The summed E-state index contributed by atoms with van der Waals surface area (Å²) in [6.07, 6.45) is 2.38. The number of halogens is 3. The zero-order valence-electron chi connectivity index (χ0n) is 25.0. The number of alkyl halides is 2. The summed E-state index contributed by atoms with van der Waals surface area (Å²) >= 11 is 6.36. The number of piperidine rings is 2. The Bertz CT molecular complexity index is 1920. The largest absolute Gasteiger partial charge is 0.376 e. The van der Waals surface area contributed by atoms with E-state index in [1.165, 1.54) is 11.1 Å². The van der Waals surface area contributed by atoms with Crippen LogP contribution >= 0.6 is 11.6 Å². The molecule has 46 heavy (non-hydrogen) atoms. The maximum absolute atomic E-state index is 15.6. The van der Waals surface area contributed by atoms with Crippen LogP contribution in [0.15, 0.2) is 42.6 Å². The van der Waals surface area contributed by atoms with Crippen molar-refractivity contribution in [3.63, 3.8) is 0 Å². The quantitative estimate of drug-likeness (QED) is 0.263. The molecule has 3 N–H and O–H groups in total. The second-order valence-electron chi connectivity index (χ2n) is 11.9. The van der Waals surface area contributed by atoms with Gasteiger partial charge in [-0.25, -0.2) is 13.8 Å². The van der Waals surface area contributed by atoms with Crippen LogP contribution in [0.25, 0.3) is 10.9 Å². The van der Waals surface area contributed by atoms with Gasteiger partial charge in [-0.1, -0.05) is 11.6 Å². The highest BCUT2D eigenvalue weighted by atomic mass is 35.5. The lowest BCUT2D eigenvalue weighted by Gasteiger charge is -2.39. The number of benzene rings is 2. The first-order valence-corrected chi connectivity index (χ1v) is 15.2. The van der Waals surface area contributed by atoms with Crippen molar-refractivity contribution >= 4 is 69.1 Å². The Morgan fingerprint density at radius 3 is 2.65 bits per heavy atom. The highest BCUT2D eigenvalue weighted by Crippen LogP contribution is 2.36. The smallest absolute Gasteiger partial charge is 0.284 e. The van der Waals surface area contributed by atoms with Gasteiger partial charge >= 0.3 is 0 Å². The van der Waals surface area contributed by atoms with Crippen LogP contribution in [0.5, 0.6) is 0 Å². The predicted octanol–water partition coefficient (Wildman–Crippen LogP) is 4.13. The molecule has 4 aromatic rings. The standard InChI is InChI=1S/C31H30ClF2N9O3/c1-41-22-7-4-17(11-16(22)12-26(41)45)37-28-21(32)14-35-30(39-28)43-10-9-24(31(33,34)15-43)36-18-3-5-19-23(13-18)42(2)40-27(19)20-6-8-25(44)38-29(20)46/h3-5,7,11,13-14,20,24,36H,6,8-10,12,15H2,1-2H3,(H,35,37,39)(H,38,44,46)/t20?,24-/m0/s1. The molecule has 0 bridgehead atoms. The monoisotopic (exact) mass is 649 g/mol. The molecule has 5 heterocycles. The molecule has 0 radical (unpaired) electrons. The summed E-state index contributed by atoms with van der Waals surface area (Å²) in [7, 11) is 3.46. The lowest BCUT2D eigenvalue weighted by Crippen LogP contribution is -2.55. The second-order valence-corrected chi connectivity index (χ2v) is 12.3. The molecule has 2 saturated heterocycles. The van der Waals surface area contributed by atoms with E-state index in [1.54, 1.807) is 47.9 Å². The summed E-state index contributed by atoms with van der Waals surface area (Å²) in [5.74, 6) is -3.97. The molecular weight excluding hydrogens is 620 g/mol. The highest BCUT2D eigenvalue weighted by Gasteiger charge is 2.45. The predicted molar refractivity (Wildman–Crippen MR) is 169 cm³/mol. The molecule has 238 valence electrons. The molecule has 2 aromatic carbocycles. The van der Waals surface area contributed by atoms with Gasteiger partial charge in [0, 0.05) is 49.5 Å². The summed E-state index contributed by atoms with van der Waals surface area (Å²) in [5.41, 5.74) is 4.11. The molecule has 7 rings (SSSR count). The maximum Gasteiger partial charge on any atom is 0.284 e. The van der Waals surface area contributed by atoms with E-state index in [0.717, 1.165) is 16.6 Å². The van der Waals surface area contributed by atoms with E-state index in [-0.39, 0.29) is 53.9 Å². The van der Waals surface area contributed by atoms with Crippen molar-refractivity contribution in [3.8, 4) is 0 Å². The number of nitrogens with zero attached hydrogens (tertiary/aromatic N) is 6. The van der Waals surface area contributed by atoms with Gasteiger partial charge in [0.05, 0.1) is 42.3 Å². The zero-order valence-corrected chi connectivity index (χ0v) is 25.7. The number of hydrogen-bond acceptors (Lipinski definition) is 9. The van der Waals surface area contributed by atoms with Crippen molar-refractivity contribution in [2.75, 3.05) is 40.6 Å². The number of fused-ring (bicyclic) bond motifs is 2. The fraction of sp³-hybridized carbons (Fsp3) is 0.355. The van der Waals surface area contributed by atoms with Crippen LogP contribution in [0.1, 0.15) is 36.4 Å². The maximum atomic E-state index is 15.6. The van der Waals surface area contributed by atoms with Gasteiger partial charge in [0.1, 0.15) is 5.02 Å². The van der Waals surface area contributed by atoms with Crippen LogP contribution in [0.3, 0.4) is 0 Å². The molecule has 0 aliphatic carbocycles. The van der Waals surface area contributed by atoms with Crippen LogP contribution in [0, 0.1) is 0 Å². The molecule has 12 nitrogen and oxygen atoms in total. The third-order valence-electron chi connectivity index (χ3n) is 8.82. The average Bonchev–Trinajstić information content (AvgIpc) is 3.49. The van der Waals surface area contributed by atoms with Gasteiger partial charge in [-0.2, -0.15) is 10.1 Å². The summed E-state index contributed by atoms with van der Waals surface area (Å²) in [6.45, 7) is -0.331. The number of anilines is 5. The van der Waals surface area contributed by atoms with Gasteiger partial charge in [-0.3, -0.25) is 24.4 Å². The van der Waals surface area contributed by atoms with Crippen LogP contribution in [0.2, 0.25) is 5.02 Å². The average molecular weight is 650 g/mol. The third kappa shape index (κ3) is 5.36. The van der Waals surface area contributed by atoms with Gasteiger partial charge in [0.25, 0.3) is 5.92 Å². The molecule has 2 fully saturated rings. The number of carbonyl (C=O) groups excluding carboxylic acids is 3. The number of imide groups is 1. The number of hydrogen-bond donors (Lipinski definition) is 3. The van der Waals surface area contributed by atoms with Gasteiger partial charge in [-0.05, 0) is 54.8 Å². The van der Waals surface area contributed by atoms with Crippen molar-refractivity contribution in [1.29, 1.82) is 0 Å². The van der Waals surface area contributed by atoms with Crippen molar-refractivity contribution in [2.45, 2.75) is 43.6 Å². The number of nitrogens with one attached hydrogen (secondary N) is 3. The second kappa shape index (κ2) is 11.2. The number of aryl methyl sites for hydroxylation is 1. The zero-order chi connectivity index (χ0) is 32.3. The molecule has 0 saturated carbocycles. The molecular formula is C31H30ClF2N9O3. The first kappa shape index (κ1) is 29.8. The van der Waals surface area contributed by atoms with Gasteiger partial charge in [-0.15, -0.1) is 0 Å². The fourth-order valence-corrected chi connectivity index (χ4v) is 6.50. The fourth-order valence-electron chi connectivity index (χ4n) is 6.36. The minimum atomic E-state index is -3.13. The van der Waals surface area contributed by atoms with E-state index in [0.29, 0.717) is 35.4 Å². The summed E-state index contributed by atoms with van der Waals surface area (Å²) in [4.78, 5) is 47.8. The molecule has 2 atom stereocenters. The minimum absolute atomic E-state index is 0.00442. The van der Waals surface area contributed by atoms with Crippen molar-refractivity contribution in [3.05, 3.63) is 58.9 Å². The lowest BCUT2D eigenvalue weighted by atomic mass is 9.92. The Balaban J connectivity index is 1.05. The number of aromatic nitrogens is 4. The molecule has 0 spiro atoms. The van der Waals surface area contributed by atoms with E-state index < -0.39 is 24.4 Å².